The summed E-state index contributed by atoms with van der Waals surface area (Å²) in [6.07, 6.45) is 2.13. The first kappa shape index (κ1) is 14.2. The molecule has 0 bridgehead atoms. The van der Waals surface area contributed by atoms with Gasteiger partial charge in [-0.05, 0) is 24.8 Å². The lowest BCUT2D eigenvalue weighted by Gasteiger charge is -2.30. The van der Waals surface area contributed by atoms with Crippen molar-refractivity contribution in [2.75, 3.05) is 13.1 Å². The Bertz CT molecular complexity index is 184. The van der Waals surface area contributed by atoms with Crippen LogP contribution in [0, 0.1) is 10.8 Å². The maximum Gasteiger partial charge on any atom is 0.185 e. The zero-order valence-electron chi connectivity index (χ0n) is 10.5. The summed E-state index contributed by atoms with van der Waals surface area (Å²) in [5, 5.41) is 13.3. The fourth-order valence-electron chi connectivity index (χ4n) is 1.65. The molecule has 1 atom stereocenters. The van der Waals surface area contributed by atoms with Crippen LogP contribution < -0.4 is 16.4 Å². The van der Waals surface area contributed by atoms with Crippen molar-refractivity contribution in [2.45, 2.75) is 46.6 Å². The van der Waals surface area contributed by atoms with Gasteiger partial charge < -0.3 is 16.4 Å². The standard InChI is InChI=1S/C11H26N4/c1-5-9(11(2,3)4)14-7-6-8-15-10(12)13/h9,14H,5-8H2,1-4H3,(H4,12,13,15)/t9-/m0/s1. The molecule has 4 nitrogen and oxygen atoms in total. The molecule has 0 aromatic carbocycles. The lowest BCUT2D eigenvalue weighted by Crippen LogP contribution is -2.41. The van der Waals surface area contributed by atoms with Gasteiger partial charge in [0.25, 0.3) is 0 Å². The average molecular weight is 214 g/mol. The number of nitrogens with one attached hydrogen (secondary N) is 3. The van der Waals surface area contributed by atoms with Crippen molar-refractivity contribution in [1.29, 1.82) is 5.41 Å². The highest BCUT2D eigenvalue weighted by molar-refractivity contribution is 5.74. The highest BCUT2D eigenvalue weighted by Crippen LogP contribution is 2.21. The van der Waals surface area contributed by atoms with Crippen LogP contribution in [0.5, 0.6) is 0 Å². The van der Waals surface area contributed by atoms with Crippen molar-refractivity contribution in [3.63, 3.8) is 0 Å². The van der Waals surface area contributed by atoms with E-state index in [1.165, 1.54) is 0 Å². The quantitative estimate of drug-likeness (QED) is 0.306. The van der Waals surface area contributed by atoms with E-state index in [0.717, 1.165) is 25.9 Å². The molecule has 0 fully saturated rings. The van der Waals surface area contributed by atoms with E-state index < -0.39 is 0 Å². The van der Waals surface area contributed by atoms with Gasteiger partial charge in [0.05, 0.1) is 0 Å². The minimum Gasteiger partial charge on any atom is -0.370 e. The Morgan fingerprint density at radius 3 is 2.33 bits per heavy atom. The van der Waals surface area contributed by atoms with E-state index >= 15 is 0 Å². The van der Waals surface area contributed by atoms with Crippen LogP contribution in [-0.4, -0.2) is 25.1 Å². The van der Waals surface area contributed by atoms with E-state index in [1.54, 1.807) is 0 Å². The first-order valence-electron chi connectivity index (χ1n) is 5.69. The average Bonchev–Trinajstić information content (AvgIpc) is 2.08. The van der Waals surface area contributed by atoms with Crippen molar-refractivity contribution in [3.8, 4) is 0 Å². The Kier molecular flexibility index (Phi) is 6.32. The van der Waals surface area contributed by atoms with Gasteiger partial charge in [-0.15, -0.1) is 0 Å². The largest absolute Gasteiger partial charge is 0.370 e. The summed E-state index contributed by atoms with van der Waals surface area (Å²) < 4.78 is 0. The molecule has 0 aliphatic rings. The molecule has 4 heteroatoms. The van der Waals surface area contributed by atoms with Gasteiger partial charge in [-0.25, -0.2) is 0 Å². The second-order valence-electron chi connectivity index (χ2n) is 4.97. The molecule has 0 aliphatic heterocycles. The normalized spacial score (nSPS) is 13.6. The number of hydrogen-bond donors (Lipinski definition) is 4. The fourth-order valence-corrected chi connectivity index (χ4v) is 1.65. The molecule has 0 rings (SSSR count). The van der Waals surface area contributed by atoms with Crippen molar-refractivity contribution < 1.29 is 0 Å². The highest BCUT2D eigenvalue weighted by atomic mass is 15.0. The van der Waals surface area contributed by atoms with Crippen LogP contribution in [0.15, 0.2) is 0 Å². The monoisotopic (exact) mass is 214 g/mol. The third-order valence-electron chi connectivity index (χ3n) is 2.51. The second-order valence-corrected chi connectivity index (χ2v) is 4.97. The number of guanidine groups is 1. The Labute approximate surface area is 93.5 Å². The van der Waals surface area contributed by atoms with E-state index in [2.05, 4.69) is 38.3 Å². The molecule has 90 valence electrons. The summed E-state index contributed by atoms with van der Waals surface area (Å²) in [6, 6.07) is 0.551. The molecule has 0 amide bonds. The summed E-state index contributed by atoms with van der Waals surface area (Å²) in [4.78, 5) is 0. The van der Waals surface area contributed by atoms with Gasteiger partial charge in [0, 0.05) is 12.6 Å². The maximum absolute atomic E-state index is 7.00. The molecular formula is C11H26N4. The smallest absolute Gasteiger partial charge is 0.185 e. The van der Waals surface area contributed by atoms with Crippen molar-refractivity contribution in [2.24, 2.45) is 11.1 Å². The van der Waals surface area contributed by atoms with Crippen molar-refractivity contribution in [1.82, 2.24) is 10.6 Å². The highest BCUT2D eigenvalue weighted by Gasteiger charge is 2.21. The van der Waals surface area contributed by atoms with Crippen LogP contribution >= 0.6 is 0 Å². The molecule has 0 saturated carbocycles. The molecule has 0 aromatic rings. The van der Waals surface area contributed by atoms with Crippen molar-refractivity contribution in [3.05, 3.63) is 0 Å². The van der Waals surface area contributed by atoms with Crippen molar-refractivity contribution >= 4 is 5.96 Å². The van der Waals surface area contributed by atoms with Crippen LogP contribution in [0.1, 0.15) is 40.5 Å². The van der Waals surface area contributed by atoms with E-state index in [9.17, 15) is 0 Å². The molecule has 0 aliphatic carbocycles. The third kappa shape index (κ3) is 7.19. The van der Waals surface area contributed by atoms with Crippen LogP contribution in [0.3, 0.4) is 0 Å². The summed E-state index contributed by atoms with van der Waals surface area (Å²) in [5.41, 5.74) is 5.49. The lowest BCUT2D eigenvalue weighted by atomic mass is 9.85. The molecule has 0 spiro atoms. The van der Waals surface area contributed by atoms with E-state index in [4.69, 9.17) is 11.1 Å². The van der Waals surface area contributed by atoms with E-state index in [1.807, 2.05) is 0 Å². The topological polar surface area (TPSA) is 73.9 Å². The number of nitrogens with two attached hydrogens (primary N) is 1. The summed E-state index contributed by atoms with van der Waals surface area (Å²) in [6.45, 7) is 10.7. The summed E-state index contributed by atoms with van der Waals surface area (Å²) in [5.74, 6) is 0.0536. The Morgan fingerprint density at radius 2 is 1.93 bits per heavy atom. The number of hydrogen-bond acceptors (Lipinski definition) is 2. The predicted octanol–water partition coefficient (Wildman–Crippen LogP) is 1.27. The summed E-state index contributed by atoms with van der Waals surface area (Å²) >= 11 is 0. The molecule has 0 aromatic heterocycles. The lowest BCUT2D eigenvalue weighted by molar-refractivity contribution is 0.261. The van der Waals surface area contributed by atoms with Crippen LogP contribution in [0.4, 0.5) is 0 Å². The third-order valence-corrected chi connectivity index (χ3v) is 2.51. The predicted molar refractivity (Wildman–Crippen MR) is 66.1 cm³/mol. The van der Waals surface area contributed by atoms with Gasteiger partial charge >= 0.3 is 0 Å². The molecule has 0 heterocycles. The van der Waals surface area contributed by atoms with Gasteiger partial charge in [-0.2, -0.15) is 0 Å². The zero-order chi connectivity index (χ0) is 11.9. The Morgan fingerprint density at radius 1 is 1.33 bits per heavy atom. The molecule has 5 N–H and O–H groups in total. The fraction of sp³-hybridized carbons (Fsp3) is 0.909. The second kappa shape index (κ2) is 6.67. The first-order chi connectivity index (χ1) is 6.88. The molecule has 0 saturated heterocycles. The van der Waals surface area contributed by atoms with Crippen LogP contribution in [0.2, 0.25) is 0 Å². The Balaban J connectivity index is 3.60. The SMILES string of the molecule is CC[C@H](NCCCNC(=N)N)C(C)(C)C. The van der Waals surface area contributed by atoms with E-state index in [0.29, 0.717) is 11.5 Å². The molecule has 0 radical (unpaired) electrons. The maximum atomic E-state index is 7.00. The van der Waals surface area contributed by atoms with Crippen LogP contribution in [0.25, 0.3) is 0 Å². The summed E-state index contributed by atoms with van der Waals surface area (Å²) in [7, 11) is 0. The minimum absolute atomic E-state index is 0.0536. The van der Waals surface area contributed by atoms with E-state index in [-0.39, 0.29) is 5.96 Å². The minimum atomic E-state index is 0.0536. The molecule has 15 heavy (non-hydrogen) atoms. The zero-order valence-corrected chi connectivity index (χ0v) is 10.5. The molecular weight excluding hydrogens is 188 g/mol. The van der Waals surface area contributed by atoms with Gasteiger partial charge in [-0.1, -0.05) is 27.7 Å². The van der Waals surface area contributed by atoms with Gasteiger partial charge in [0.1, 0.15) is 0 Å². The van der Waals surface area contributed by atoms with Crippen LogP contribution in [-0.2, 0) is 0 Å². The van der Waals surface area contributed by atoms with Gasteiger partial charge in [-0.3, -0.25) is 5.41 Å². The molecule has 0 unspecified atom stereocenters. The van der Waals surface area contributed by atoms with Gasteiger partial charge in [0.15, 0.2) is 5.96 Å². The first-order valence-corrected chi connectivity index (χ1v) is 5.69. The number of rotatable bonds is 6. The Hall–Kier alpha value is -0.770. The van der Waals surface area contributed by atoms with Gasteiger partial charge in [0.2, 0.25) is 0 Å².